The fourth-order valence-corrected chi connectivity index (χ4v) is 1.91. The van der Waals surface area contributed by atoms with Gasteiger partial charge in [0.2, 0.25) is 0 Å². The molecule has 4 nitrogen and oxygen atoms in total. The topological polar surface area (TPSA) is 75.3 Å². The number of rotatable bonds is 4. The average Bonchev–Trinajstić information content (AvgIpc) is 2.41. The van der Waals surface area contributed by atoms with Crippen LogP contribution in [0.4, 0.5) is 11.4 Å². The van der Waals surface area contributed by atoms with E-state index in [1.807, 2.05) is 18.2 Å². The van der Waals surface area contributed by atoms with Crippen molar-refractivity contribution in [2.45, 2.75) is 11.4 Å². The second-order valence-electron chi connectivity index (χ2n) is 4.09. The fourth-order valence-electron chi connectivity index (χ4n) is 1.68. The maximum absolute atomic E-state index is 10.7. The Morgan fingerprint density at radius 3 is 2.53 bits per heavy atom. The summed E-state index contributed by atoms with van der Waals surface area (Å²) in [5.41, 5.74) is 8.63. The molecule has 0 unspecified atom stereocenters. The second kappa shape index (κ2) is 5.67. The highest BCUT2D eigenvalue weighted by Crippen LogP contribution is 2.21. The normalized spacial score (nSPS) is 10.2. The molecule has 0 bridgehead atoms. The van der Waals surface area contributed by atoms with Gasteiger partial charge in [-0.2, -0.15) is 0 Å². The number of hydrogen-bond donors (Lipinski definition) is 4. The summed E-state index contributed by atoms with van der Waals surface area (Å²) < 4.78 is 0. The molecule has 0 aliphatic carbocycles. The van der Waals surface area contributed by atoms with Gasteiger partial charge in [0.25, 0.3) is 0 Å². The van der Waals surface area contributed by atoms with Crippen molar-refractivity contribution in [1.29, 1.82) is 0 Å². The molecule has 0 saturated heterocycles. The van der Waals surface area contributed by atoms with Gasteiger partial charge in [-0.05, 0) is 35.9 Å². The Labute approximate surface area is 116 Å². The Hall–Kier alpha value is -2.14. The molecule has 0 aliphatic heterocycles. The van der Waals surface area contributed by atoms with Gasteiger partial charge >= 0.3 is 5.97 Å². The Morgan fingerprint density at radius 1 is 1.21 bits per heavy atom. The van der Waals surface area contributed by atoms with Crippen molar-refractivity contribution in [2.24, 2.45) is 0 Å². The number of carboxylic acid groups (broad SMARTS) is 1. The molecule has 0 spiro atoms. The highest BCUT2D eigenvalue weighted by atomic mass is 32.1. The SMILES string of the molecule is Nc1c(S)cccc1CNc1ccc(C(=O)O)cc1. The molecule has 0 radical (unpaired) electrons. The lowest BCUT2D eigenvalue weighted by Gasteiger charge is -2.10. The number of aromatic carboxylic acids is 1. The zero-order chi connectivity index (χ0) is 13.8. The van der Waals surface area contributed by atoms with Crippen LogP contribution in [0, 0.1) is 0 Å². The molecule has 0 heterocycles. The lowest BCUT2D eigenvalue weighted by atomic mass is 10.1. The van der Waals surface area contributed by atoms with Crippen LogP contribution in [0.2, 0.25) is 0 Å². The first-order valence-corrected chi connectivity index (χ1v) is 6.16. The van der Waals surface area contributed by atoms with Crippen LogP contribution in [0.25, 0.3) is 0 Å². The van der Waals surface area contributed by atoms with Crippen LogP contribution in [0.3, 0.4) is 0 Å². The third-order valence-electron chi connectivity index (χ3n) is 2.79. The minimum Gasteiger partial charge on any atom is -0.478 e. The van der Waals surface area contributed by atoms with Crippen LogP contribution in [-0.2, 0) is 6.54 Å². The number of carbonyl (C=O) groups is 1. The number of benzene rings is 2. The molecule has 2 aromatic carbocycles. The molecule has 0 aromatic heterocycles. The molecule has 0 aliphatic rings. The van der Waals surface area contributed by atoms with E-state index in [-0.39, 0.29) is 5.56 Å². The molecule has 4 N–H and O–H groups in total. The molecule has 98 valence electrons. The van der Waals surface area contributed by atoms with Gasteiger partial charge in [0, 0.05) is 22.8 Å². The van der Waals surface area contributed by atoms with E-state index in [1.54, 1.807) is 24.3 Å². The minimum atomic E-state index is -0.932. The number of hydrogen-bond acceptors (Lipinski definition) is 4. The Balaban J connectivity index is 2.06. The largest absolute Gasteiger partial charge is 0.478 e. The van der Waals surface area contributed by atoms with E-state index in [1.165, 1.54) is 0 Å². The van der Waals surface area contributed by atoms with Crippen LogP contribution in [0.15, 0.2) is 47.4 Å². The number of para-hydroxylation sites is 1. The second-order valence-corrected chi connectivity index (χ2v) is 4.57. The zero-order valence-corrected chi connectivity index (χ0v) is 11.0. The standard InChI is InChI=1S/C14H14N2O2S/c15-13-10(2-1-3-12(13)19)8-16-11-6-4-9(5-7-11)14(17)18/h1-7,16,19H,8,15H2,(H,17,18). The number of anilines is 2. The van der Waals surface area contributed by atoms with Gasteiger partial charge in [-0.1, -0.05) is 12.1 Å². The summed E-state index contributed by atoms with van der Waals surface area (Å²) in [4.78, 5) is 11.5. The van der Waals surface area contributed by atoms with E-state index in [4.69, 9.17) is 10.8 Å². The Kier molecular flexibility index (Phi) is 3.97. The molecular formula is C14H14N2O2S. The van der Waals surface area contributed by atoms with Crippen molar-refractivity contribution in [3.8, 4) is 0 Å². The van der Waals surface area contributed by atoms with Crippen molar-refractivity contribution in [2.75, 3.05) is 11.1 Å². The maximum atomic E-state index is 10.7. The third-order valence-corrected chi connectivity index (χ3v) is 3.18. The molecule has 0 atom stereocenters. The van der Waals surface area contributed by atoms with E-state index >= 15 is 0 Å². The van der Waals surface area contributed by atoms with Crippen LogP contribution in [0.1, 0.15) is 15.9 Å². The molecule has 2 rings (SSSR count). The first kappa shape index (κ1) is 13.3. The predicted octanol–water partition coefficient (Wildman–Crippen LogP) is 2.87. The summed E-state index contributed by atoms with van der Waals surface area (Å²) in [5, 5.41) is 12.0. The van der Waals surface area contributed by atoms with E-state index in [0.717, 1.165) is 16.1 Å². The summed E-state index contributed by atoms with van der Waals surface area (Å²) >= 11 is 4.27. The molecule has 0 amide bonds. The van der Waals surface area contributed by atoms with Crippen molar-refractivity contribution in [3.05, 3.63) is 53.6 Å². The lowest BCUT2D eigenvalue weighted by Crippen LogP contribution is -2.04. The first-order chi connectivity index (χ1) is 9.08. The third kappa shape index (κ3) is 3.20. The number of nitrogens with two attached hydrogens (primary N) is 1. The monoisotopic (exact) mass is 274 g/mol. The average molecular weight is 274 g/mol. The van der Waals surface area contributed by atoms with E-state index in [2.05, 4.69) is 17.9 Å². The molecule has 0 fully saturated rings. The lowest BCUT2D eigenvalue weighted by molar-refractivity contribution is 0.0697. The number of thiol groups is 1. The van der Waals surface area contributed by atoms with Gasteiger partial charge in [0.1, 0.15) is 0 Å². The fraction of sp³-hybridized carbons (Fsp3) is 0.0714. The number of carboxylic acids is 1. The summed E-state index contributed by atoms with van der Waals surface area (Å²) in [6, 6.07) is 12.2. The predicted molar refractivity (Wildman–Crippen MR) is 78.8 cm³/mol. The number of nitrogen functional groups attached to an aromatic ring is 1. The van der Waals surface area contributed by atoms with Crippen molar-refractivity contribution >= 4 is 30.0 Å². The molecular weight excluding hydrogens is 260 g/mol. The van der Waals surface area contributed by atoms with Crippen molar-refractivity contribution in [3.63, 3.8) is 0 Å². The summed E-state index contributed by atoms with van der Waals surface area (Å²) in [5.74, 6) is -0.932. The summed E-state index contributed by atoms with van der Waals surface area (Å²) in [6.07, 6.45) is 0. The maximum Gasteiger partial charge on any atom is 0.335 e. The number of nitrogens with one attached hydrogen (secondary N) is 1. The smallest absolute Gasteiger partial charge is 0.335 e. The van der Waals surface area contributed by atoms with E-state index in [0.29, 0.717) is 12.2 Å². The molecule has 0 saturated carbocycles. The Bertz CT molecular complexity index is 597. The quantitative estimate of drug-likeness (QED) is 0.511. The highest BCUT2D eigenvalue weighted by Gasteiger charge is 2.03. The van der Waals surface area contributed by atoms with Crippen molar-refractivity contribution in [1.82, 2.24) is 0 Å². The van der Waals surface area contributed by atoms with E-state index < -0.39 is 5.97 Å². The first-order valence-electron chi connectivity index (χ1n) is 5.71. The van der Waals surface area contributed by atoms with Gasteiger partial charge in [0.05, 0.1) is 5.56 Å². The van der Waals surface area contributed by atoms with E-state index in [9.17, 15) is 4.79 Å². The van der Waals surface area contributed by atoms with Crippen LogP contribution in [0.5, 0.6) is 0 Å². The molecule has 2 aromatic rings. The van der Waals surface area contributed by atoms with Crippen LogP contribution < -0.4 is 11.1 Å². The van der Waals surface area contributed by atoms with Gasteiger partial charge in [-0.25, -0.2) is 4.79 Å². The molecule has 5 heteroatoms. The molecule has 19 heavy (non-hydrogen) atoms. The van der Waals surface area contributed by atoms with Gasteiger partial charge in [0.15, 0.2) is 0 Å². The minimum absolute atomic E-state index is 0.266. The summed E-state index contributed by atoms with van der Waals surface area (Å²) in [7, 11) is 0. The summed E-state index contributed by atoms with van der Waals surface area (Å²) in [6.45, 7) is 0.562. The van der Waals surface area contributed by atoms with Crippen molar-refractivity contribution < 1.29 is 9.90 Å². The highest BCUT2D eigenvalue weighted by molar-refractivity contribution is 7.80. The Morgan fingerprint density at radius 2 is 1.89 bits per heavy atom. The zero-order valence-electron chi connectivity index (χ0n) is 10.1. The van der Waals surface area contributed by atoms with Gasteiger partial charge in [-0.3, -0.25) is 0 Å². The van der Waals surface area contributed by atoms with Gasteiger partial charge < -0.3 is 16.2 Å². The van der Waals surface area contributed by atoms with Crippen LogP contribution in [-0.4, -0.2) is 11.1 Å². The van der Waals surface area contributed by atoms with Crippen LogP contribution >= 0.6 is 12.6 Å². The van der Waals surface area contributed by atoms with Gasteiger partial charge in [-0.15, -0.1) is 12.6 Å².